The van der Waals surface area contributed by atoms with E-state index in [1.54, 1.807) is 0 Å². The monoisotopic (exact) mass is 282 g/mol. The van der Waals surface area contributed by atoms with Gasteiger partial charge in [0.2, 0.25) is 5.91 Å². The number of rotatable bonds is 4. The summed E-state index contributed by atoms with van der Waals surface area (Å²) in [6.45, 7) is 13.4. The molecule has 0 aromatic carbocycles. The normalized spacial score (nSPS) is 26.4. The van der Waals surface area contributed by atoms with E-state index in [9.17, 15) is 4.79 Å². The summed E-state index contributed by atoms with van der Waals surface area (Å²) >= 11 is 0. The molecule has 0 aromatic rings. The van der Waals surface area contributed by atoms with E-state index in [0.29, 0.717) is 6.04 Å². The summed E-state index contributed by atoms with van der Waals surface area (Å²) in [6, 6.07) is 0.318. The highest BCUT2D eigenvalue weighted by molar-refractivity contribution is 5.85. The van der Waals surface area contributed by atoms with Crippen molar-refractivity contribution in [2.24, 2.45) is 0 Å². The molecule has 2 N–H and O–H groups in total. The predicted molar refractivity (Wildman–Crippen MR) is 81.8 cm³/mol. The predicted octanol–water partition coefficient (Wildman–Crippen LogP) is 0.271. The molecule has 2 heterocycles. The van der Waals surface area contributed by atoms with Crippen LogP contribution < -0.4 is 10.6 Å². The molecule has 2 rings (SSSR count). The standard InChI is InChI=1S/C15H30N4O/c1-4-18-9-5-6-13(12-18)17-14(20)15(2,3)19-10-7-16-8-11-19/h13,16H,4-12H2,1-3H3,(H,17,20). The van der Waals surface area contributed by atoms with E-state index in [1.165, 1.54) is 13.0 Å². The zero-order valence-electron chi connectivity index (χ0n) is 13.2. The Morgan fingerprint density at radius 1 is 1.30 bits per heavy atom. The fourth-order valence-electron chi connectivity index (χ4n) is 3.19. The van der Waals surface area contributed by atoms with Crippen molar-refractivity contribution >= 4 is 5.91 Å². The number of hydrogen-bond donors (Lipinski definition) is 2. The first-order valence-electron chi connectivity index (χ1n) is 8.03. The Balaban J connectivity index is 1.89. The van der Waals surface area contributed by atoms with E-state index in [-0.39, 0.29) is 5.91 Å². The summed E-state index contributed by atoms with van der Waals surface area (Å²) in [7, 11) is 0. The van der Waals surface area contributed by atoms with Crippen LogP contribution in [0.5, 0.6) is 0 Å². The Morgan fingerprint density at radius 2 is 2.00 bits per heavy atom. The lowest BCUT2D eigenvalue weighted by Gasteiger charge is -2.41. The van der Waals surface area contributed by atoms with Crippen molar-refractivity contribution in [3.8, 4) is 0 Å². The quantitative estimate of drug-likeness (QED) is 0.777. The van der Waals surface area contributed by atoms with Gasteiger partial charge in [-0.25, -0.2) is 0 Å². The minimum atomic E-state index is -0.406. The van der Waals surface area contributed by atoms with Crippen LogP contribution in [0, 0.1) is 0 Å². The molecule has 2 aliphatic heterocycles. The summed E-state index contributed by atoms with van der Waals surface area (Å²) in [5.41, 5.74) is -0.406. The molecule has 5 heteroatoms. The minimum Gasteiger partial charge on any atom is -0.350 e. The molecule has 0 spiro atoms. The van der Waals surface area contributed by atoms with Gasteiger partial charge in [-0.3, -0.25) is 9.69 Å². The third-order valence-corrected chi connectivity index (χ3v) is 4.75. The molecular weight excluding hydrogens is 252 g/mol. The van der Waals surface area contributed by atoms with Gasteiger partial charge in [-0.05, 0) is 39.8 Å². The van der Waals surface area contributed by atoms with Crippen LogP contribution in [0.25, 0.3) is 0 Å². The molecule has 0 bridgehead atoms. The molecule has 0 aromatic heterocycles. The van der Waals surface area contributed by atoms with Gasteiger partial charge in [-0.2, -0.15) is 0 Å². The van der Waals surface area contributed by atoms with Crippen LogP contribution in [-0.2, 0) is 4.79 Å². The van der Waals surface area contributed by atoms with E-state index in [0.717, 1.165) is 45.7 Å². The van der Waals surface area contributed by atoms with Gasteiger partial charge in [0.25, 0.3) is 0 Å². The first-order chi connectivity index (χ1) is 9.54. The highest BCUT2D eigenvalue weighted by Crippen LogP contribution is 2.17. The summed E-state index contributed by atoms with van der Waals surface area (Å²) < 4.78 is 0. The lowest BCUT2D eigenvalue weighted by Crippen LogP contribution is -2.62. The van der Waals surface area contributed by atoms with Crippen molar-refractivity contribution in [3.63, 3.8) is 0 Å². The van der Waals surface area contributed by atoms with Crippen molar-refractivity contribution in [3.05, 3.63) is 0 Å². The number of likely N-dealkylation sites (tertiary alicyclic amines) is 1. The van der Waals surface area contributed by atoms with Crippen molar-refractivity contribution < 1.29 is 4.79 Å². The molecule has 2 fully saturated rings. The Morgan fingerprint density at radius 3 is 2.65 bits per heavy atom. The molecule has 1 unspecified atom stereocenters. The van der Waals surface area contributed by atoms with Gasteiger partial charge >= 0.3 is 0 Å². The Bertz CT molecular complexity index is 326. The van der Waals surface area contributed by atoms with Gasteiger partial charge in [-0.15, -0.1) is 0 Å². The molecule has 20 heavy (non-hydrogen) atoms. The summed E-state index contributed by atoms with van der Waals surface area (Å²) in [5, 5.41) is 6.62. The fraction of sp³-hybridized carbons (Fsp3) is 0.933. The lowest BCUT2D eigenvalue weighted by atomic mass is 9.98. The maximum atomic E-state index is 12.6. The highest BCUT2D eigenvalue weighted by Gasteiger charge is 2.36. The third-order valence-electron chi connectivity index (χ3n) is 4.75. The third kappa shape index (κ3) is 3.71. The molecule has 0 aliphatic carbocycles. The van der Waals surface area contributed by atoms with E-state index in [1.807, 2.05) is 13.8 Å². The number of carbonyl (C=O) groups excluding carboxylic acids is 1. The number of nitrogens with zero attached hydrogens (tertiary/aromatic N) is 2. The first-order valence-corrected chi connectivity index (χ1v) is 8.03. The van der Waals surface area contributed by atoms with Crippen molar-refractivity contribution in [1.82, 2.24) is 20.4 Å². The smallest absolute Gasteiger partial charge is 0.240 e. The average Bonchev–Trinajstić information content (AvgIpc) is 2.48. The van der Waals surface area contributed by atoms with Crippen LogP contribution in [0.4, 0.5) is 0 Å². The SMILES string of the molecule is CCN1CCCC(NC(=O)C(C)(C)N2CCNCC2)C1. The molecule has 1 amide bonds. The zero-order chi connectivity index (χ0) is 14.6. The van der Waals surface area contributed by atoms with Crippen LogP contribution in [0.15, 0.2) is 0 Å². The number of amides is 1. The highest BCUT2D eigenvalue weighted by atomic mass is 16.2. The molecule has 5 nitrogen and oxygen atoms in total. The fourth-order valence-corrected chi connectivity index (χ4v) is 3.19. The van der Waals surface area contributed by atoms with E-state index < -0.39 is 5.54 Å². The Labute approximate surface area is 123 Å². The summed E-state index contributed by atoms with van der Waals surface area (Å²) in [4.78, 5) is 17.3. The number of likely N-dealkylation sites (N-methyl/N-ethyl adjacent to an activating group) is 1. The second-order valence-corrected chi connectivity index (χ2v) is 6.50. The van der Waals surface area contributed by atoms with Crippen LogP contribution in [-0.4, -0.2) is 73.1 Å². The Hall–Kier alpha value is -0.650. The molecule has 1 atom stereocenters. The van der Waals surface area contributed by atoms with Crippen LogP contribution in [0.1, 0.15) is 33.6 Å². The average molecular weight is 282 g/mol. The maximum absolute atomic E-state index is 12.6. The molecule has 0 radical (unpaired) electrons. The minimum absolute atomic E-state index is 0.183. The van der Waals surface area contributed by atoms with Gasteiger partial charge in [0.05, 0.1) is 5.54 Å². The zero-order valence-corrected chi connectivity index (χ0v) is 13.2. The first kappa shape index (κ1) is 15.7. The van der Waals surface area contributed by atoms with Gasteiger partial charge in [0.1, 0.15) is 0 Å². The molecule has 116 valence electrons. The number of hydrogen-bond acceptors (Lipinski definition) is 4. The lowest BCUT2D eigenvalue weighted by molar-refractivity contribution is -0.133. The van der Waals surface area contributed by atoms with E-state index in [2.05, 4.69) is 27.4 Å². The summed E-state index contributed by atoms with van der Waals surface area (Å²) in [5.74, 6) is 0.183. The maximum Gasteiger partial charge on any atom is 0.240 e. The number of piperidine rings is 1. The second kappa shape index (κ2) is 6.87. The largest absolute Gasteiger partial charge is 0.350 e. The summed E-state index contributed by atoms with van der Waals surface area (Å²) in [6.07, 6.45) is 2.30. The molecule has 2 saturated heterocycles. The van der Waals surface area contributed by atoms with Crippen LogP contribution in [0.3, 0.4) is 0 Å². The van der Waals surface area contributed by atoms with E-state index in [4.69, 9.17) is 0 Å². The number of piperazine rings is 1. The van der Waals surface area contributed by atoms with Crippen molar-refractivity contribution in [2.75, 3.05) is 45.8 Å². The Kier molecular flexibility index (Phi) is 5.41. The van der Waals surface area contributed by atoms with Crippen molar-refractivity contribution in [2.45, 2.75) is 45.2 Å². The van der Waals surface area contributed by atoms with Crippen molar-refractivity contribution in [1.29, 1.82) is 0 Å². The van der Waals surface area contributed by atoms with Gasteiger partial charge in [-0.1, -0.05) is 6.92 Å². The van der Waals surface area contributed by atoms with Gasteiger partial charge in [0.15, 0.2) is 0 Å². The molecule has 0 saturated carbocycles. The second-order valence-electron chi connectivity index (χ2n) is 6.50. The van der Waals surface area contributed by atoms with Gasteiger partial charge < -0.3 is 15.5 Å². The van der Waals surface area contributed by atoms with Crippen LogP contribution in [0.2, 0.25) is 0 Å². The topological polar surface area (TPSA) is 47.6 Å². The number of carbonyl (C=O) groups is 1. The van der Waals surface area contributed by atoms with Crippen LogP contribution >= 0.6 is 0 Å². The van der Waals surface area contributed by atoms with Gasteiger partial charge in [0, 0.05) is 38.8 Å². The molecule has 2 aliphatic rings. The van der Waals surface area contributed by atoms with E-state index >= 15 is 0 Å². The molecular formula is C15H30N4O. The number of nitrogens with one attached hydrogen (secondary N) is 2.